The summed E-state index contributed by atoms with van der Waals surface area (Å²) in [6.45, 7) is 3.67. The number of carbonyl (C=O) groups excluding carboxylic acids is 2. The van der Waals surface area contributed by atoms with Gasteiger partial charge in [0.2, 0.25) is 5.91 Å². The second-order valence-electron chi connectivity index (χ2n) is 4.06. The third-order valence-electron chi connectivity index (χ3n) is 2.69. The number of amides is 1. The van der Waals surface area contributed by atoms with Gasteiger partial charge in [0.25, 0.3) is 0 Å². The number of hydrazone groups is 1. The van der Waals surface area contributed by atoms with Crippen LogP contribution in [0.3, 0.4) is 0 Å². The molecule has 0 atom stereocenters. The molecule has 19 heavy (non-hydrogen) atoms. The first-order valence-corrected chi connectivity index (χ1v) is 5.94. The molecule has 98 valence electrons. The first-order valence-electron chi connectivity index (χ1n) is 5.94. The SMILES string of the molecule is C=CCOC(=O)c1ccc(C2=NNC(=O)CC2)cc1. The zero-order chi connectivity index (χ0) is 13.7. The molecule has 5 heteroatoms. The predicted molar refractivity (Wildman–Crippen MR) is 70.8 cm³/mol. The van der Waals surface area contributed by atoms with Gasteiger partial charge in [0.05, 0.1) is 11.3 Å². The largest absolute Gasteiger partial charge is 0.458 e. The number of carbonyl (C=O) groups is 2. The molecule has 0 aliphatic carbocycles. The van der Waals surface area contributed by atoms with E-state index in [4.69, 9.17) is 4.74 Å². The Bertz CT molecular complexity index is 532. The number of benzene rings is 1. The molecule has 1 aliphatic rings. The van der Waals surface area contributed by atoms with Gasteiger partial charge in [-0.25, -0.2) is 10.2 Å². The molecule has 0 bridgehead atoms. The van der Waals surface area contributed by atoms with E-state index in [1.807, 2.05) is 0 Å². The van der Waals surface area contributed by atoms with Crippen LogP contribution in [0.15, 0.2) is 42.0 Å². The highest BCUT2D eigenvalue weighted by molar-refractivity contribution is 6.04. The van der Waals surface area contributed by atoms with Crippen molar-refractivity contribution in [3.8, 4) is 0 Å². The van der Waals surface area contributed by atoms with Gasteiger partial charge < -0.3 is 4.74 Å². The number of ether oxygens (including phenoxy) is 1. The average molecular weight is 258 g/mol. The molecule has 1 aliphatic heterocycles. The second kappa shape index (κ2) is 5.95. The molecular weight excluding hydrogens is 244 g/mol. The van der Waals surface area contributed by atoms with E-state index < -0.39 is 0 Å². The average Bonchev–Trinajstić information content (AvgIpc) is 2.46. The van der Waals surface area contributed by atoms with Crippen LogP contribution in [0.4, 0.5) is 0 Å². The van der Waals surface area contributed by atoms with Crippen LogP contribution in [0, 0.1) is 0 Å². The molecule has 1 heterocycles. The van der Waals surface area contributed by atoms with Gasteiger partial charge in [0.1, 0.15) is 6.61 Å². The quantitative estimate of drug-likeness (QED) is 0.659. The van der Waals surface area contributed by atoms with Crippen molar-refractivity contribution in [2.45, 2.75) is 12.8 Å². The van der Waals surface area contributed by atoms with Crippen LogP contribution in [-0.2, 0) is 9.53 Å². The maximum atomic E-state index is 11.6. The lowest BCUT2D eigenvalue weighted by Gasteiger charge is -2.12. The van der Waals surface area contributed by atoms with Crippen LogP contribution < -0.4 is 5.43 Å². The summed E-state index contributed by atoms with van der Waals surface area (Å²) in [5.74, 6) is -0.460. The summed E-state index contributed by atoms with van der Waals surface area (Å²) in [5, 5.41) is 3.99. The van der Waals surface area contributed by atoms with Gasteiger partial charge in [-0.15, -0.1) is 0 Å². The van der Waals surface area contributed by atoms with Crippen molar-refractivity contribution < 1.29 is 14.3 Å². The molecule has 2 rings (SSSR count). The first-order chi connectivity index (χ1) is 9.20. The topological polar surface area (TPSA) is 67.8 Å². The summed E-state index contributed by atoms with van der Waals surface area (Å²) >= 11 is 0. The van der Waals surface area contributed by atoms with Crippen LogP contribution in [0.5, 0.6) is 0 Å². The van der Waals surface area contributed by atoms with E-state index in [-0.39, 0.29) is 18.5 Å². The lowest BCUT2D eigenvalue weighted by molar-refractivity contribution is -0.121. The predicted octanol–water partition coefficient (Wildman–Crippen LogP) is 1.64. The Hall–Kier alpha value is -2.43. The monoisotopic (exact) mass is 258 g/mol. The summed E-state index contributed by atoms with van der Waals surface area (Å²) in [7, 11) is 0. The number of hydrogen-bond acceptors (Lipinski definition) is 4. The number of esters is 1. The van der Waals surface area contributed by atoms with E-state index in [0.29, 0.717) is 18.4 Å². The molecular formula is C14H14N2O3. The number of rotatable bonds is 4. The van der Waals surface area contributed by atoms with Gasteiger partial charge >= 0.3 is 5.97 Å². The van der Waals surface area contributed by atoms with Crippen molar-refractivity contribution in [2.75, 3.05) is 6.61 Å². The molecule has 1 N–H and O–H groups in total. The van der Waals surface area contributed by atoms with Crippen molar-refractivity contribution in [3.05, 3.63) is 48.0 Å². The lowest BCUT2D eigenvalue weighted by Crippen LogP contribution is -2.25. The minimum Gasteiger partial charge on any atom is -0.458 e. The standard InChI is InChI=1S/C14H14N2O3/c1-2-9-19-14(18)11-5-3-10(4-6-11)12-7-8-13(17)16-15-12/h2-6H,1,7-9H2,(H,16,17). The van der Waals surface area contributed by atoms with E-state index in [2.05, 4.69) is 17.1 Å². The molecule has 0 saturated heterocycles. The highest BCUT2D eigenvalue weighted by Crippen LogP contribution is 2.12. The fourth-order valence-electron chi connectivity index (χ4n) is 1.70. The van der Waals surface area contributed by atoms with Gasteiger partial charge in [-0.05, 0) is 17.7 Å². The van der Waals surface area contributed by atoms with Gasteiger partial charge in [0.15, 0.2) is 0 Å². The van der Waals surface area contributed by atoms with Crippen LogP contribution in [0.1, 0.15) is 28.8 Å². The smallest absolute Gasteiger partial charge is 0.338 e. The number of nitrogens with one attached hydrogen (secondary N) is 1. The van der Waals surface area contributed by atoms with E-state index >= 15 is 0 Å². The van der Waals surface area contributed by atoms with Gasteiger partial charge in [-0.3, -0.25) is 4.79 Å². The molecule has 0 fully saturated rings. The molecule has 0 spiro atoms. The van der Waals surface area contributed by atoms with Crippen molar-refractivity contribution >= 4 is 17.6 Å². The molecule has 0 unspecified atom stereocenters. The Balaban J connectivity index is 2.08. The Morgan fingerprint density at radius 2 is 2.11 bits per heavy atom. The van der Waals surface area contributed by atoms with E-state index in [9.17, 15) is 9.59 Å². The summed E-state index contributed by atoms with van der Waals surface area (Å²) in [6.07, 6.45) is 2.56. The van der Waals surface area contributed by atoms with E-state index in [1.165, 1.54) is 6.08 Å². The summed E-state index contributed by atoms with van der Waals surface area (Å²) in [5.41, 5.74) is 4.62. The van der Waals surface area contributed by atoms with Gasteiger partial charge in [-0.1, -0.05) is 24.8 Å². The van der Waals surface area contributed by atoms with Crippen LogP contribution in [0.25, 0.3) is 0 Å². The third-order valence-corrected chi connectivity index (χ3v) is 2.69. The zero-order valence-electron chi connectivity index (χ0n) is 10.4. The highest BCUT2D eigenvalue weighted by atomic mass is 16.5. The van der Waals surface area contributed by atoms with E-state index in [0.717, 1.165) is 11.3 Å². The Kier molecular flexibility index (Phi) is 4.07. The molecule has 1 amide bonds. The van der Waals surface area contributed by atoms with Gasteiger partial charge in [-0.2, -0.15) is 5.10 Å². The first kappa shape index (κ1) is 13.0. The molecule has 0 aromatic heterocycles. The van der Waals surface area contributed by atoms with Crippen molar-refractivity contribution in [3.63, 3.8) is 0 Å². The Labute approximate surface area is 111 Å². The van der Waals surface area contributed by atoms with E-state index in [1.54, 1.807) is 24.3 Å². The maximum Gasteiger partial charge on any atom is 0.338 e. The third kappa shape index (κ3) is 3.28. The number of hydrogen-bond donors (Lipinski definition) is 1. The normalized spacial score (nSPS) is 14.3. The van der Waals surface area contributed by atoms with Crippen LogP contribution >= 0.6 is 0 Å². The number of nitrogens with zero attached hydrogens (tertiary/aromatic N) is 1. The van der Waals surface area contributed by atoms with Gasteiger partial charge in [0, 0.05) is 12.8 Å². The Morgan fingerprint density at radius 1 is 1.37 bits per heavy atom. The fourth-order valence-corrected chi connectivity index (χ4v) is 1.70. The molecule has 0 saturated carbocycles. The lowest BCUT2D eigenvalue weighted by atomic mass is 10.0. The maximum absolute atomic E-state index is 11.6. The van der Waals surface area contributed by atoms with Crippen LogP contribution in [-0.4, -0.2) is 24.2 Å². The van der Waals surface area contributed by atoms with Crippen molar-refractivity contribution in [1.29, 1.82) is 0 Å². The summed E-state index contributed by atoms with van der Waals surface area (Å²) in [4.78, 5) is 22.6. The fraction of sp³-hybridized carbons (Fsp3) is 0.214. The van der Waals surface area contributed by atoms with Crippen molar-refractivity contribution in [1.82, 2.24) is 5.43 Å². The molecule has 0 radical (unpaired) electrons. The summed E-state index contributed by atoms with van der Waals surface area (Å²) in [6, 6.07) is 6.95. The second-order valence-corrected chi connectivity index (χ2v) is 4.06. The zero-order valence-corrected chi connectivity index (χ0v) is 10.4. The minimum absolute atomic E-state index is 0.0756. The molecule has 1 aromatic rings. The highest BCUT2D eigenvalue weighted by Gasteiger charge is 2.14. The van der Waals surface area contributed by atoms with Crippen LogP contribution in [0.2, 0.25) is 0 Å². The molecule has 1 aromatic carbocycles. The minimum atomic E-state index is -0.384. The summed E-state index contributed by atoms with van der Waals surface area (Å²) < 4.78 is 4.93. The van der Waals surface area contributed by atoms with Crippen molar-refractivity contribution in [2.24, 2.45) is 5.10 Å². The Morgan fingerprint density at radius 3 is 2.68 bits per heavy atom. The molecule has 5 nitrogen and oxygen atoms in total.